The maximum absolute atomic E-state index is 11.4. The molecule has 0 saturated heterocycles. The summed E-state index contributed by atoms with van der Waals surface area (Å²) in [4.78, 5) is 32.9. The van der Waals surface area contributed by atoms with Crippen LogP contribution in [-0.2, 0) is 14.3 Å². The van der Waals surface area contributed by atoms with E-state index in [0.29, 0.717) is 26.0 Å². The number of carboxylic acid groups (broad SMARTS) is 1. The third-order valence-corrected chi connectivity index (χ3v) is 2.23. The van der Waals surface area contributed by atoms with Gasteiger partial charge in [-0.15, -0.1) is 0 Å². The molecule has 110 valence electrons. The van der Waals surface area contributed by atoms with E-state index in [0.717, 1.165) is 0 Å². The van der Waals surface area contributed by atoms with Gasteiger partial charge in [-0.05, 0) is 12.8 Å². The molecule has 0 aliphatic heterocycles. The Morgan fingerprint density at radius 1 is 1.21 bits per heavy atom. The number of nitrogens with one attached hydrogen (secondary N) is 3. The standard InChI is InChI=1S/C11H21N3O5/c1-8(15)12-5-6-13-11(18)14-9(10(16)17)4-3-7-19-2/h9H,3-7H2,1-2H3,(H,12,15)(H,16,17)(H2,13,14,18). The Labute approximate surface area is 111 Å². The molecule has 1 atom stereocenters. The molecular formula is C11H21N3O5. The number of methoxy groups -OCH3 is 1. The first-order chi connectivity index (χ1) is 8.97. The summed E-state index contributed by atoms with van der Waals surface area (Å²) in [6.45, 7) is 2.34. The first-order valence-electron chi connectivity index (χ1n) is 5.98. The smallest absolute Gasteiger partial charge is 0.326 e. The molecule has 0 rings (SSSR count). The first-order valence-corrected chi connectivity index (χ1v) is 5.98. The summed E-state index contributed by atoms with van der Waals surface area (Å²) in [6.07, 6.45) is 0.835. The van der Waals surface area contributed by atoms with E-state index >= 15 is 0 Å². The van der Waals surface area contributed by atoms with Crippen LogP contribution >= 0.6 is 0 Å². The van der Waals surface area contributed by atoms with Gasteiger partial charge < -0.3 is 25.8 Å². The number of hydrogen-bond donors (Lipinski definition) is 4. The summed E-state index contributed by atoms with van der Waals surface area (Å²) in [6, 6.07) is -1.52. The lowest BCUT2D eigenvalue weighted by Crippen LogP contribution is -2.47. The molecule has 8 nitrogen and oxygen atoms in total. The lowest BCUT2D eigenvalue weighted by atomic mass is 10.1. The van der Waals surface area contributed by atoms with Crippen LogP contribution in [0.2, 0.25) is 0 Å². The van der Waals surface area contributed by atoms with Gasteiger partial charge in [0.05, 0.1) is 0 Å². The van der Waals surface area contributed by atoms with E-state index in [4.69, 9.17) is 9.84 Å². The van der Waals surface area contributed by atoms with Crippen molar-refractivity contribution < 1.29 is 24.2 Å². The van der Waals surface area contributed by atoms with Gasteiger partial charge in [-0.3, -0.25) is 4.79 Å². The second kappa shape index (κ2) is 10.1. The number of rotatable bonds is 9. The van der Waals surface area contributed by atoms with E-state index in [1.165, 1.54) is 14.0 Å². The van der Waals surface area contributed by atoms with Gasteiger partial charge in [0.25, 0.3) is 0 Å². The molecular weight excluding hydrogens is 254 g/mol. The number of carboxylic acids is 1. The van der Waals surface area contributed by atoms with Gasteiger partial charge >= 0.3 is 12.0 Å². The summed E-state index contributed by atoms with van der Waals surface area (Å²) in [7, 11) is 1.53. The van der Waals surface area contributed by atoms with Crippen molar-refractivity contribution in [2.75, 3.05) is 26.8 Å². The predicted octanol–water partition coefficient (Wildman–Crippen LogP) is -0.698. The topological polar surface area (TPSA) is 117 Å². The fourth-order valence-corrected chi connectivity index (χ4v) is 1.31. The number of ether oxygens (including phenoxy) is 1. The molecule has 19 heavy (non-hydrogen) atoms. The van der Waals surface area contributed by atoms with E-state index in [-0.39, 0.29) is 12.5 Å². The van der Waals surface area contributed by atoms with Crippen LogP contribution in [0.3, 0.4) is 0 Å². The SMILES string of the molecule is COCCCC(NC(=O)NCCNC(C)=O)C(=O)O. The normalized spacial score (nSPS) is 11.5. The second-order valence-electron chi connectivity index (χ2n) is 3.91. The van der Waals surface area contributed by atoms with Crippen LogP contribution in [0.15, 0.2) is 0 Å². The van der Waals surface area contributed by atoms with Crippen LogP contribution in [0, 0.1) is 0 Å². The van der Waals surface area contributed by atoms with Crippen molar-refractivity contribution in [3.63, 3.8) is 0 Å². The molecule has 0 spiro atoms. The van der Waals surface area contributed by atoms with Gasteiger partial charge in [0, 0.05) is 33.7 Å². The van der Waals surface area contributed by atoms with E-state index in [2.05, 4.69) is 16.0 Å². The quantitative estimate of drug-likeness (QED) is 0.415. The maximum Gasteiger partial charge on any atom is 0.326 e. The van der Waals surface area contributed by atoms with Gasteiger partial charge in [0.2, 0.25) is 5.91 Å². The summed E-state index contributed by atoms with van der Waals surface area (Å²) in [5.41, 5.74) is 0. The molecule has 8 heteroatoms. The molecule has 0 aliphatic rings. The second-order valence-corrected chi connectivity index (χ2v) is 3.91. The number of aliphatic carboxylic acids is 1. The molecule has 0 heterocycles. The zero-order chi connectivity index (χ0) is 14.7. The van der Waals surface area contributed by atoms with Crippen molar-refractivity contribution in [2.24, 2.45) is 0 Å². The molecule has 0 aromatic heterocycles. The first kappa shape index (κ1) is 17.2. The van der Waals surface area contributed by atoms with Gasteiger partial charge in [-0.25, -0.2) is 9.59 Å². The number of carbonyl (C=O) groups excluding carboxylic acids is 2. The summed E-state index contributed by atoms with van der Waals surface area (Å²) >= 11 is 0. The molecule has 3 amide bonds. The monoisotopic (exact) mass is 275 g/mol. The van der Waals surface area contributed by atoms with Crippen molar-refractivity contribution in [3.05, 3.63) is 0 Å². The van der Waals surface area contributed by atoms with Crippen LogP contribution < -0.4 is 16.0 Å². The summed E-state index contributed by atoms with van der Waals surface area (Å²) in [5.74, 6) is -1.28. The molecule has 0 aliphatic carbocycles. The fraction of sp³-hybridized carbons (Fsp3) is 0.727. The lowest BCUT2D eigenvalue weighted by molar-refractivity contribution is -0.139. The number of urea groups is 1. The van der Waals surface area contributed by atoms with Crippen LogP contribution in [0.4, 0.5) is 4.79 Å². The Morgan fingerprint density at radius 2 is 1.84 bits per heavy atom. The molecule has 0 aromatic rings. The Balaban J connectivity index is 3.89. The number of amides is 3. The molecule has 0 bridgehead atoms. The Kier molecular flexibility index (Phi) is 9.15. The third-order valence-electron chi connectivity index (χ3n) is 2.23. The number of carbonyl (C=O) groups is 3. The molecule has 1 unspecified atom stereocenters. The summed E-state index contributed by atoms with van der Waals surface area (Å²) < 4.78 is 4.82. The highest BCUT2D eigenvalue weighted by Gasteiger charge is 2.18. The van der Waals surface area contributed by atoms with Crippen LogP contribution in [0.5, 0.6) is 0 Å². The van der Waals surface area contributed by atoms with E-state index in [1.54, 1.807) is 0 Å². The van der Waals surface area contributed by atoms with Gasteiger partial charge in [0.1, 0.15) is 6.04 Å². The van der Waals surface area contributed by atoms with Gasteiger partial charge in [0.15, 0.2) is 0 Å². The van der Waals surface area contributed by atoms with Crippen LogP contribution in [0.25, 0.3) is 0 Å². The molecule has 0 aromatic carbocycles. The third kappa shape index (κ3) is 9.83. The molecule has 0 fully saturated rings. The van der Waals surface area contributed by atoms with Gasteiger partial charge in [-0.1, -0.05) is 0 Å². The Bertz CT molecular complexity index is 309. The van der Waals surface area contributed by atoms with Crippen LogP contribution in [-0.4, -0.2) is 55.9 Å². The van der Waals surface area contributed by atoms with Crippen molar-refractivity contribution in [3.8, 4) is 0 Å². The highest BCUT2D eigenvalue weighted by Crippen LogP contribution is 1.98. The van der Waals surface area contributed by atoms with Gasteiger partial charge in [-0.2, -0.15) is 0 Å². The zero-order valence-corrected chi connectivity index (χ0v) is 11.2. The van der Waals surface area contributed by atoms with Crippen LogP contribution in [0.1, 0.15) is 19.8 Å². The van der Waals surface area contributed by atoms with Crippen molar-refractivity contribution in [1.29, 1.82) is 0 Å². The van der Waals surface area contributed by atoms with E-state index in [9.17, 15) is 14.4 Å². The molecule has 0 radical (unpaired) electrons. The Hall–Kier alpha value is -1.83. The highest BCUT2D eigenvalue weighted by molar-refractivity contribution is 5.82. The van der Waals surface area contributed by atoms with Crippen molar-refractivity contribution >= 4 is 17.9 Å². The fourth-order valence-electron chi connectivity index (χ4n) is 1.31. The van der Waals surface area contributed by atoms with Crippen molar-refractivity contribution in [2.45, 2.75) is 25.8 Å². The molecule has 4 N–H and O–H groups in total. The average Bonchev–Trinajstić information content (AvgIpc) is 2.33. The minimum Gasteiger partial charge on any atom is -0.480 e. The van der Waals surface area contributed by atoms with E-state index < -0.39 is 18.0 Å². The minimum absolute atomic E-state index is 0.190. The zero-order valence-electron chi connectivity index (χ0n) is 11.2. The average molecular weight is 275 g/mol. The summed E-state index contributed by atoms with van der Waals surface area (Å²) in [5, 5.41) is 16.2. The van der Waals surface area contributed by atoms with Crippen molar-refractivity contribution in [1.82, 2.24) is 16.0 Å². The molecule has 0 saturated carbocycles. The lowest BCUT2D eigenvalue weighted by Gasteiger charge is -2.15. The number of hydrogen-bond acceptors (Lipinski definition) is 4. The minimum atomic E-state index is -1.09. The largest absolute Gasteiger partial charge is 0.480 e. The predicted molar refractivity (Wildman–Crippen MR) is 67.8 cm³/mol. The Morgan fingerprint density at radius 3 is 2.37 bits per heavy atom. The highest BCUT2D eigenvalue weighted by atomic mass is 16.5. The maximum atomic E-state index is 11.4. The van der Waals surface area contributed by atoms with E-state index in [1.807, 2.05) is 0 Å².